The van der Waals surface area contributed by atoms with Gasteiger partial charge in [-0.2, -0.15) is 0 Å². The molecule has 142 valence electrons. The molecule has 0 aliphatic carbocycles. The fourth-order valence-electron chi connectivity index (χ4n) is 4.57. The highest BCUT2D eigenvalue weighted by atomic mass is 35.5. The summed E-state index contributed by atoms with van der Waals surface area (Å²) in [5, 5.41) is 3.61. The first-order valence-corrected chi connectivity index (χ1v) is 9.40. The number of aromatic nitrogens is 1. The minimum absolute atomic E-state index is 0. The van der Waals surface area contributed by atoms with Gasteiger partial charge in [0.2, 0.25) is 5.91 Å². The molecule has 27 heavy (non-hydrogen) atoms. The Morgan fingerprint density at radius 1 is 1.22 bits per heavy atom. The second kappa shape index (κ2) is 6.80. The number of amides is 1. The van der Waals surface area contributed by atoms with E-state index in [2.05, 4.69) is 40.6 Å². The first-order chi connectivity index (χ1) is 12.6. The van der Waals surface area contributed by atoms with E-state index in [9.17, 15) is 4.79 Å². The number of carbonyl (C=O) groups is 1. The summed E-state index contributed by atoms with van der Waals surface area (Å²) < 4.78 is 5.61. The predicted octanol–water partition coefficient (Wildman–Crippen LogP) is 3.13. The van der Waals surface area contributed by atoms with Crippen molar-refractivity contribution in [2.75, 3.05) is 20.2 Å². The van der Waals surface area contributed by atoms with Gasteiger partial charge in [0, 0.05) is 26.2 Å². The third-order valence-electron chi connectivity index (χ3n) is 6.10. The Balaban J connectivity index is 0.00000180. The summed E-state index contributed by atoms with van der Waals surface area (Å²) in [5.74, 6) is 1.24. The molecule has 4 heterocycles. The van der Waals surface area contributed by atoms with Gasteiger partial charge in [-0.25, -0.2) is 0 Å². The molecule has 5 rings (SSSR count). The number of rotatable bonds is 2. The zero-order chi connectivity index (χ0) is 17.7. The molecule has 2 aromatic rings. The minimum Gasteiger partial charge on any atom is -0.493 e. The van der Waals surface area contributed by atoms with Gasteiger partial charge in [-0.3, -0.25) is 15.1 Å². The van der Waals surface area contributed by atoms with Gasteiger partial charge in [0.1, 0.15) is 11.3 Å². The molecule has 1 aromatic heterocycles. The topological polar surface area (TPSA) is 54.5 Å². The average molecular weight is 386 g/mol. The fourth-order valence-corrected chi connectivity index (χ4v) is 4.57. The predicted molar refractivity (Wildman–Crippen MR) is 106 cm³/mol. The summed E-state index contributed by atoms with van der Waals surface area (Å²) in [5.41, 5.74) is 4.30. The minimum atomic E-state index is -0.373. The molecule has 3 aliphatic rings. The van der Waals surface area contributed by atoms with E-state index in [-0.39, 0.29) is 29.9 Å². The van der Waals surface area contributed by atoms with Crippen LogP contribution < -0.4 is 10.1 Å². The highest BCUT2D eigenvalue weighted by Crippen LogP contribution is 2.39. The van der Waals surface area contributed by atoms with Crippen molar-refractivity contribution in [2.24, 2.45) is 0 Å². The standard InChI is InChI=1S/C21H23N3O2.ClH/c1-24-10-8-21(20(24)25)7-4-17(23-21)18-13-15(5-9-22-18)14-2-3-19-16(12-14)6-11-26-19;/h2-3,5,9,12-13,17,23H,4,6-8,10-11H2,1H3;1H/t17-,21+;/m1./s1. The van der Waals surface area contributed by atoms with Crippen molar-refractivity contribution >= 4 is 18.3 Å². The van der Waals surface area contributed by atoms with Crippen molar-refractivity contribution in [3.63, 3.8) is 0 Å². The molecule has 1 N–H and O–H groups in total. The molecule has 5 nitrogen and oxygen atoms in total. The maximum Gasteiger partial charge on any atom is 0.242 e. The van der Waals surface area contributed by atoms with Gasteiger partial charge < -0.3 is 9.64 Å². The smallest absolute Gasteiger partial charge is 0.242 e. The third kappa shape index (κ3) is 2.99. The van der Waals surface area contributed by atoms with Crippen molar-refractivity contribution in [1.29, 1.82) is 0 Å². The normalized spacial score (nSPS) is 26.2. The summed E-state index contributed by atoms with van der Waals surface area (Å²) in [4.78, 5) is 19.0. The Morgan fingerprint density at radius 3 is 2.89 bits per heavy atom. The number of benzene rings is 1. The molecule has 0 unspecified atom stereocenters. The molecular weight excluding hydrogens is 362 g/mol. The van der Waals surface area contributed by atoms with Crippen molar-refractivity contribution in [2.45, 2.75) is 37.3 Å². The number of likely N-dealkylation sites (tertiary alicyclic amines) is 1. The maximum atomic E-state index is 12.5. The Hall–Kier alpha value is -2.11. The Morgan fingerprint density at radius 2 is 2.07 bits per heavy atom. The molecule has 0 saturated carbocycles. The van der Waals surface area contributed by atoms with Crippen LogP contribution in [0.25, 0.3) is 11.1 Å². The van der Waals surface area contributed by atoms with Crippen LogP contribution in [-0.4, -0.2) is 41.5 Å². The number of halogens is 1. The lowest BCUT2D eigenvalue weighted by Gasteiger charge is -2.23. The van der Waals surface area contributed by atoms with Crippen LogP contribution in [0.4, 0.5) is 0 Å². The van der Waals surface area contributed by atoms with Crippen molar-refractivity contribution in [3.05, 3.63) is 47.8 Å². The average Bonchev–Trinajstić information content (AvgIpc) is 3.38. The van der Waals surface area contributed by atoms with E-state index in [0.717, 1.165) is 50.3 Å². The Kier molecular flexibility index (Phi) is 4.60. The largest absolute Gasteiger partial charge is 0.493 e. The number of ether oxygens (including phenoxy) is 1. The molecule has 1 amide bonds. The number of hydrogen-bond donors (Lipinski definition) is 1. The number of nitrogens with zero attached hydrogens (tertiary/aromatic N) is 2. The highest BCUT2D eigenvalue weighted by Gasteiger charge is 2.50. The van der Waals surface area contributed by atoms with Crippen molar-refractivity contribution in [3.8, 4) is 16.9 Å². The zero-order valence-corrected chi connectivity index (χ0v) is 16.2. The van der Waals surface area contributed by atoms with Crippen LogP contribution in [-0.2, 0) is 11.2 Å². The Labute approximate surface area is 165 Å². The summed E-state index contributed by atoms with van der Waals surface area (Å²) in [6, 6.07) is 10.8. The highest BCUT2D eigenvalue weighted by molar-refractivity contribution is 5.88. The molecule has 2 fully saturated rings. The van der Waals surface area contributed by atoms with E-state index in [4.69, 9.17) is 4.74 Å². The maximum absolute atomic E-state index is 12.5. The second-order valence-corrected chi connectivity index (χ2v) is 7.68. The lowest BCUT2D eigenvalue weighted by Crippen LogP contribution is -2.47. The lowest BCUT2D eigenvalue weighted by molar-refractivity contribution is -0.131. The monoisotopic (exact) mass is 385 g/mol. The number of fused-ring (bicyclic) bond motifs is 1. The molecule has 0 radical (unpaired) electrons. The molecule has 2 atom stereocenters. The van der Waals surface area contributed by atoms with Gasteiger partial charge in [0.25, 0.3) is 0 Å². The van der Waals surface area contributed by atoms with E-state index < -0.39 is 0 Å². The van der Waals surface area contributed by atoms with E-state index >= 15 is 0 Å². The van der Waals surface area contributed by atoms with Crippen molar-refractivity contribution < 1.29 is 9.53 Å². The molecule has 6 heteroatoms. The molecule has 2 saturated heterocycles. The van der Waals surface area contributed by atoms with Gasteiger partial charge in [-0.15, -0.1) is 12.4 Å². The summed E-state index contributed by atoms with van der Waals surface area (Å²) in [7, 11) is 1.89. The lowest BCUT2D eigenvalue weighted by atomic mass is 9.96. The van der Waals surface area contributed by atoms with Crippen LogP contribution >= 0.6 is 12.4 Å². The fraction of sp³-hybridized carbons (Fsp3) is 0.429. The third-order valence-corrected chi connectivity index (χ3v) is 6.10. The first-order valence-electron chi connectivity index (χ1n) is 9.40. The SMILES string of the molecule is CN1CC[C@@]2(CC[C@H](c3cc(-c4ccc5c(c4)CCO5)ccn3)N2)C1=O.Cl. The quantitative estimate of drug-likeness (QED) is 0.862. The van der Waals surface area contributed by atoms with E-state index in [0.29, 0.717) is 0 Å². The summed E-state index contributed by atoms with van der Waals surface area (Å²) >= 11 is 0. The number of hydrogen-bond acceptors (Lipinski definition) is 4. The van der Waals surface area contributed by atoms with Crippen LogP contribution in [0.2, 0.25) is 0 Å². The molecule has 1 aromatic carbocycles. The molecule has 1 spiro atoms. The second-order valence-electron chi connectivity index (χ2n) is 7.68. The van der Waals surface area contributed by atoms with Crippen LogP contribution in [0.15, 0.2) is 36.5 Å². The molecule has 0 bridgehead atoms. The van der Waals surface area contributed by atoms with Gasteiger partial charge in [-0.1, -0.05) is 6.07 Å². The number of nitrogens with one attached hydrogen (secondary N) is 1. The van der Waals surface area contributed by atoms with Crippen LogP contribution in [0.5, 0.6) is 5.75 Å². The van der Waals surface area contributed by atoms with Gasteiger partial charge >= 0.3 is 0 Å². The van der Waals surface area contributed by atoms with E-state index in [1.807, 2.05) is 18.1 Å². The van der Waals surface area contributed by atoms with Gasteiger partial charge in [0.15, 0.2) is 0 Å². The van der Waals surface area contributed by atoms with Gasteiger partial charge in [-0.05, 0) is 60.2 Å². The zero-order valence-electron chi connectivity index (χ0n) is 15.4. The van der Waals surface area contributed by atoms with Crippen molar-refractivity contribution in [1.82, 2.24) is 15.2 Å². The first kappa shape index (κ1) is 18.3. The summed E-state index contributed by atoms with van der Waals surface area (Å²) in [6.07, 6.45) is 5.59. The van der Waals surface area contributed by atoms with E-state index in [1.165, 1.54) is 16.7 Å². The Bertz CT molecular complexity index is 887. The van der Waals surface area contributed by atoms with Crippen LogP contribution in [0, 0.1) is 0 Å². The molecular formula is C21H24ClN3O2. The summed E-state index contributed by atoms with van der Waals surface area (Å²) in [6.45, 7) is 1.61. The van der Waals surface area contributed by atoms with E-state index in [1.54, 1.807) is 0 Å². The molecule has 3 aliphatic heterocycles. The van der Waals surface area contributed by atoms with Gasteiger partial charge in [0.05, 0.1) is 18.3 Å². The number of carbonyl (C=O) groups excluding carboxylic acids is 1. The van der Waals surface area contributed by atoms with Crippen LogP contribution in [0.1, 0.15) is 36.6 Å². The number of pyridine rings is 1. The number of likely N-dealkylation sites (N-methyl/N-ethyl adjacent to an activating group) is 1. The van der Waals surface area contributed by atoms with Crippen LogP contribution in [0.3, 0.4) is 0 Å².